The van der Waals surface area contributed by atoms with Crippen LogP contribution < -0.4 is 11.1 Å². The molecule has 4 N–H and O–H groups in total. The molecule has 0 spiro atoms. The van der Waals surface area contributed by atoms with Crippen LogP contribution in [0.5, 0.6) is 0 Å². The number of pyridine rings is 2. The average molecular weight is 369 g/mol. The van der Waals surface area contributed by atoms with Gasteiger partial charge in [0.05, 0.1) is 12.0 Å². The van der Waals surface area contributed by atoms with Crippen LogP contribution in [-0.4, -0.2) is 43.9 Å². The lowest BCUT2D eigenvalue weighted by Crippen LogP contribution is -2.68. The molecule has 1 aliphatic rings. The molecule has 2 aromatic rings. The minimum atomic E-state index is -1.23. The number of imide groups is 1. The first-order valence-corrected chi connectivity index (χ1v) is 8.35. The number of nitrogen functional groups attached to an aromatic ring is 1. The first-order valence-electron chi connectivity index (χ1n) is 8.35. The highest BCUT2D eigenvalue weighted by Crippen LogP contribution is 2.31. The maximum Gasteiger partial charge on any atom is 0.327 e. The second kappa shape index (κ2) is 7.40. The first-order chi connectivity index (χ1) is 12.9. The lowest BCUT2D eigenvalue weighted by Gasteiger charge is -2.43. The number of urea groups is 1. The molecule has 0 radical (unpaired) electrons. The molecular weight excluding hydrogens is 350 g/mol. The van der Waals surface area contributed by atoms with Gasteiger partial charge in [0.15, 0.2) is 6.04 Å². The summed E-state index contributed by atoms with van der Waals surface area (Å²) in [7, 11) is 0. The minimum absolute atomic E-state index is 0.171. The molecule has 3 heterocycles. The van der Waals surface area contributed by atoms with Gasteiger partial charge in [-0.25, -0.2) is 19.5 Å². The zero-order valence-electron chi connectivity index (χ0n) is 14.6. The molecule has 1 fully saturated rings. The number of carboxylic acid groups (broad SMARTS) is 1. The monoisotopic (exact) mass is 369 g/mol. The Hall–Kier alpha value is -3.49. The SMILES string of the molecule is C[C@@H](NC(=O)N1C(=O)[C@H](Cc2ccnc(N)c2)[C@H]1C(=O)O)c1cccnc1. The van der Waals surface area contributed by atoms with Crippen molar-refractivity contribution in [1.29, 1.82) is 0 Å². The highest BCUT2D eigenvalue weighted by atomic mass is 16.4. The Morgan fingerprint density at radius 1 is 1.37 bits per heavy atom. The third-order valence-corrected chi connectivity index (χ3v) is 4.51. The van der Waals surface area contributed by atoms with Crippen LogP contribution in [0.15, 0.2) is 42.9 Å². The summed E-state index contributed by atoms with van der Waals surface area (Å²) >= 11 is 0. The van der Waals surface area contributed by atoms with Crippen LogP contribution >= 0.6 is 0 Å². The molecule has 1 aliphatic heterocycles. The summed E-state index contributed by atoms with van der Waals surface area (Å²) < 4.78 is 0. The molecule has 140 valence electrons. The van der Waals surface area contributed by atoms with Gasteiger partial charge in [-0.05, 0) is 42.7 Å². The number of carbonyl (C=O) groups excluding carboxylic acids is 2. The molecule has 3 atom stereocenters. The molecule has 3 amide bonds. The van der Waals surface area contributed by atoms with Crippen LogP contribution in [0.25, 0.3) is 0 Å². The Kier molecular flexibility index (Phi) is 5.02. The predicted molar refractivity (Wildman–Crippen MR) is 95.3 cm³/mol. The number of hydrogen-bond acceptors (Lipinski definition) is 6. The summed E-state index contributed by atoms with van der Waals surface area (Å²) in [5, 5.41) is 12.1. The molecule has 9 nitrogen and oxygen atoms in total. The number of carbonyl (C=O) groups is 3. The van der Waals surface area contributed by atoms with Gasteiger partial charge in [-0.1, -0.05) is 6.07 Å². The number of amides is 3. The molecule has 0 aliphatic carbocycles. The van der Waals surface area contributed by atoms with Crippen molar-refractivity contribution in [2.45, 2.75) is 25.4 Å². The van der Waals surface area contributed by atoms with E-state index in [2.05, 4.69) is 15.3 Å². The van der Waals surface area contributed by atoms with Gasteiger partial charge in [0.2, 0.25) is 5.91 Å². The summed E-state index contributed by atoms with van der Waals surface area (Å²) in [5.74, 6) is -2.31. The van der Waals surface area contributed by atoms with Gasteiger partial charge in [0.25, 0.3) is 0 Å². The van der Waals surface area contributed by atoms with Crippen molar-refractivity contribution in [2.75, 3.05) is 5.73 Å². The van der Waals surface area contributed by atoms with Gasteiger partial charge in [-0.3, -0.25) is 9.78 Å². The van der Waals surface area contributed by atoms with Crippen molar-refractivity contribution in [3.8, 4) is 0 Å². The second-order valence-corrected chi connectivity index (χ2v) is 6.35. The third-order valence-electron chi connectivity index (χ3n) is 4.51. The van der Waals surface area contributed by atoms with Crippen molar-refractivity contribution in [2.24, 2.45) is 5.92 Å². The molecule has 0 unspecified atom stereocenters. The topological polar surface area (TPSA) is 139 Å². The number of β-lactam (4-membered cyclic amide) rings is 1. The van der Waals surface area contributed by atoms with Gasteiger partial charge in [-0.15, -0.1) is 0 Å². The standard InChI is InChI=1S/C18H19N5O4/c1-10(12-3-2-5-20-9-12)22-18(27)23-15(17(25)26)13(16(23)24)7-11-4-6-21-14(19)8-11/h2-6,8-10,13,15H,7H2,1H3,(H2,19,21)(H,22,27)(H,25,26)/t10-,13-,15+/m1/s1. The number of hydrogen-bond donors (Lipinski definition) is 3. The Balaban J connectivity index is 1.71. The van der Waals surface area contributed by atoms with E-state index >= 15 is 0 Å². The fourth-order valence-corrected chi connectivity index (χ4v) is 3.10. The number of likely N-dealkylation sites (tertiary alicyclic amines) is 1. The zero-order chi connectivity index (χ0) is 19.6. The Labute approximate surface area is 155 Å². The lowest BCUT2D eigenvalue weighted by molar-refractivity contribution is -0.165. The molecule has 27 heavy (non-hydrogen) atoms. The molecule has 3 rings (SSSR count). The van der Waals surface area contributed by atoms with E-state index in [1.165, 1.54) is 6.20 Å². The van der Waals surface area contributed by atoms with E-state index in [0.29, 0.717) is 5.56 Å². The third kappa shape index (κ3) is 3.71. The normalized spacial score (nSPS) is 19.9. The molecular formula is C18H19N5O4. The molecule has 0 aromatic carbocycles. The maximum atomic E-state index is 12.5. The van der Waals surface area contributed by atoms with Crippen molar-refractivity contribution >= 4 is 23.7 Å². The minimum Gasteiger partial charge on any atom is -0.480 e. The quantitative estimate of drug-likeness (QED) is 0.668. The Morgan fingerprint density at radius 3 is 2.78 bits per heavy atom. The smallest absolute Gasteiger partial charge is 0.327 e. The van der Waals surface area contributed by atoms with Crippen LogP contribution in [0, 0.1) is 5.92 Å². The van der Waals surface area contributed by atoms with Gasteiger partial charge in [0, 0.05) is 18.6 Å². The van der Waals surface area contributed by atoms with E-state index in [0.717, 1.165) is 10.5 Å². The number of aromatic nitrogens is 2. The number of nitrogens with two attached hydrogens (primary N) is 1. The van der Waals surface area contributed by atoms with Crippen LogP contribution in [0.2, 0.25) is 0 Å². The van der Waals surface area contributed by atoms with E-state index in [4.69, 9.17) is 5.73 Å². The number of nitrogens with zero attached hydrogens (tertiary/aromatic N) is 3. The van der Waals surface area contributed by atoms with Crippen LogP contribution in [0.4, 0.5) is 10.6 Å². The molecule has 0 bridgehead atoms. The van der Waals surface area contributed by atoms with Crippen LogP contribution in [0.1, 0.15) is 24.1 Å². The summed E-state index contributed by atoms with van der Waals surface area (Å²) in [6.07, 6.45) is 4.86. The molecule has 1 saturated heterocycles. The van der Waals surface area contributed by atoms with E-state index in [1.54, 1.807) is 43.6 Å². The fourth-order valence-electron chi connectivity index (χ4n) is 3.10. The van der Waals surface area contributed by atoms with E-state index in [1.807, 2.05) is 0 Å². The Bertz CT molecular complexity index is 873. The summed E-state index contributed by atoms with van der Waals surface area (Å²) in [6, 6.07) is 4.36. The summed E-state index contributed by atoms with van der Waals surface area (Å²) in [6.45, 7) is 1.73. The van der Waals surface area contributed by atoms with E-state index in [-0.39, 0.29) is 12.2 Å². The van der Waals surface area contributed by atoms with Crippen LogP contribution in [-0.2, 0) is 16.0 Å². The molecule has 2 aromatic heterocycles. The largest absolute Gasteiger partial charge is 0.480 e. The molecule has 9 heteroatoms. The number of rotatable bonds is 5. The highest BCUT2D eigenvalue weighted by Gasteiger charge is 2.54. The Morgan fingerprint density at radius 2 is 2.15 bits per heavy atom. The highest BCUT2D eigenvalue weighted by molar-refractivity contribution is 6.07. The van der Waals surface area contributed by atoms with Crippen LogP contribution in [0.3, 0.4) is 0 Å². The summed E-state index contributed by atoms with van der Waals surface area (Å²) in [4.78, 5) is 45.2. The second-order valence-electron chi connectivity index (χ2n) is 6.35. The lowest BCUT2D eigenvalue weighted by atomic mass is 9.82. The molecule has 0 saturated carbocycles. The first kappa shape index (κ1) is 18.3. The maximum absolute atomic E-state index is 12.5. The van der Waals surface area contributed by atoms with Crippen molar-refractivity contribution < 1.29 is 19.5 Å². The van der Waals surface area contributed by atoms with Gasteiger partial charge < -0.3 is 16.2 Å². The predicted octanol–water partition coefficient (Wildman–Crippen LogP) is 0.984. The number of anilines is 1. The van der Waals surface area contributed by atoms with E-state index < -0.39 is 35.9 Å². The van der Waals surface area contributed by atoms with Gasteiger partial charge >= 0.3 is 12.0 Å². The zero-order valence-corrected chi connectivity index (χ0v) is 14.6. The van der Waals surface area contributed by atoms with Crippen molar-refractivity contribution in [1.82, 2.24) is 20.2 Å². The van der Waals surface area contributed by atoms with Gasteiger partial charge in [-0.2, -0.15) is 0 Å². The van der Waals surface area contributed by atoms with Crippen molar-refractivity contribution in [3.05, 3.63) is 54.0 Å². The number of nitrogens with one attached hydrogen (secondary N) is 1. The van der Waals surface area contributed by atoms with Gasteiger partial charge in [0.1, 0.15) is 5.82 Å². The fraction of sp³-hybridized carbons (Fsp3) is 0.278. The number of carboxylic acids is 1. The average Bonchev–Trinajstić information content (AvgIpc) is 2.64. The number of aliphatic carboxylic acids is 1. The van der Waals surface area contributed by atoms with Crippen molar-refractivity contribution in [3.63, 3.8) is 0 Å². The van der Waals surface area contributed by atoms with E-state index in [9.17, 15) is 19.5 Å². The summed E-state index contributed by atoms with van der Waals surface area (Å²) in [5.41, 5.74) is 7.05.